The topological polar surface area (TPSA) is 49.0 Å². The Morgan fingerprint density at radius 2 is 2.33 bits per heavy atom. The number of carbonyl (C=O) groups excluding carboxylic acids is 1. The van der Waals surface area contributed by atoms with Crippen molar-refractivity contribution in [1.82, 2.24) is 10.2 Å². The smallest absolute Gasteiger partial charge is 0.228 e. The maximum absolute atomic E-state index is 11.7. The van der Waals surface area contributed by atoms with Crippen molar-refractivity contribution in [3.8, 4) is 0 Å². The lowest BCUT2D eigenvalue weighted by Crippen LogP contribution is -2.25. The van der Waals surface area contributed by atoms with Gasteiger partial charge in [-0.2, -0.15) is 5.10 Å². The highest BCUT2D eigenvalue weighted by Crippen LogP contribution is 2.27. The summed E-state index contributed by atoms with van der Waals surface area (Å²) in [5.74, 6) is 1.67. The maximum Gasteiger partial charge on any atom is 0.228 e. The van der Waals surface area contributed by atoms with E-state index >= 15 is 0 Å². The van der Waals surface area contributed by atoms with Crippen molar-refractivity contribution in [3.63, 3.8) is 0 Å². The predicted octanol–water partition coefficient (Wildman–Crippen LogP) is 1.62. The number of carbonyl (C=O) groups is 1. The van der Waals surface area contributed by atoms with Gasteiger partial charge in [0.25, 0.3) is 0 Å². The molecule has 1 saturated heterocycles. The van der Waals surface area contributed by atoms with Crippen LogP contribution in [0.3, 0.4) is 0 Å². The molecular formula is C10H14ClN3O. The summed E-state index contributed by atoms with van der Waals surface area (Å²) in [4.78, 5) is 13.4. The SMILES string of the molecule is Cc1[nH]nc(N2CC(CCl)CC2=O)c1C. The van der Waals surface area contributed by atoms with E-state index in [-0.39, 0.29) is 11.8 Å². The number of nitrogens with one attached hydrogen (secondary N) is 1. The van der Waals surface area contributed by atoms with Crippen LogP contribution in [0.15, 0.2) is 0 Å². The molecule has 2 heterocycles. The van der Waals surface area contributed by atoms with Gasteiger partial charge >= 0.3 is 0 Å². The molecular weight excluding hydrogens is 214 g/mol. The molecule has 1 fully saturated rings. The van der Waals surface area contributed by atoms with Crippen LogP contribution in [0.4, 0.5) is 5.82 Å². The number of H-pyrrole nitrogens is 1. The molecule has 0 radical (unpaired) electrons. The monoisotopic (exact) mass is 227 g/mol. The molecule has 0 spiro atoms. The van der Waals surface area contributed by atoms with E-state index in [2.05, 4.69) is 10.2 Å². The van der Waals surface area contributed by atoms with Crippen molar-refractivity contribution in [2.45, 2.75) is 20.3 Å². The number of hydrogen-bond donors (Lipinski definition) is 1. The van der Waals surface area contributed by atoms with E-state index in [1.165, 1.54) is 0 Å². The third kappa shape index (κ3) is 1.74. The van der Waals surface area contributed by atoms with Gasteiger partial charge < -0.3 is 0 Å². The summed E-state index contributed by atoms with van der Waals surface area (Å²) in [6.07, 6.45) is 0.537. The molecule has 1 aliphatic rings. The first kappa shape index (κ1) is 10.5. The van der Waals surface area contributed by atoms with Gasteiger partial charge in [-0.1, -0.05) is 0 Å². The minimum Gasteiger partial charge on any atom is -0.295 e. The van der Waals surface area contributed by atoms with Crippen molar-refractivity contribution >= 4 is 23.3 Å². The minimum atomic E-state index is 0.121. The second kappa shape index (κ2) is 3.85. The molecule has 1 atom stereocenters. The number of aromatic amines is 1. The highest BCUT2D eigenvalue weighted by Gasteiger charge is 2.32. The summed E-state index contributed by atoms with van der Waals surface area (Å²) in [5.41, 5.74) is 2.05. The van der Waals surface area contributed by atoms with E-state index in [1.54, 1.807) is 4.90 Å². The van der Waals surface area contributed by atoms with Crippen LogP contribution in [-0.2, 0) is 4.79 Å². The molecule has 1 aliphatic heterocycles. The number of rotatable bonds is 2. The van der Waals surface area contributed by atoms with Crippen LogP contribution in [0.25, 0.3) is 0 Å². The van der Waals surface area contributed by atoms with Gasteiger partial charge in [-0.25, -0.2) is 0 Å². The number of aryl methyl sites for hydroxylation is 1. The van der Waals surface area contributed by atoms with Crippen LogP contribution in [0.2, 0.25) is 0 Å². The Balaban J connectivity index is 2.25. The zero-order valence-corrected chi connectivity index (χ0v) is 9.64. The lowest BCUT2D eigenvalue weighted by Gasteiger charge is -2.13. The van der Waals surface area contributed by atoms with E-state index in [4.69, 9.17) is 11.6 Å². The van der Waals surface area contributed by atoms with Gasteiger partial charge in [0.05, 0.1) is 0 Å². The Kier molecular flexibility index (Phi) is 2.69. The van der Waals surface area contributed by atoms with Crippen LogP contribution in [0, 0.1) is 19.8 Å². The first-order chi connectivity index (χ1) is 7.13. The van der Waals surface area contributed by atoms with E-state index in [0.29, 0.717) is 18.8 Å². The summed E-state index contributed by atoms with van der Waals surface area (Å²) < 4.78 is 0. The second-order valence-electron chi connectivity index (χ2n) is 4.03. The van der Waals surface area contributed by atoms with Gasteiger partial charge in [0.2, 0.25) is 5.91 Å². The quantitative estimate of drug-likeness (QED) is 0.781. The molecule has 1 aromatic rings. The largest absolute Gasteiger partial charge is 0.295 e. The predicted molar refractivity (Wildman–Crippen MR) is 59.2 cm³/mol. The highest BCUT2D eigenvalue weighted by molar-refractivity contribution is 6.18. The molecule has 2 rings (SSSR count). The van der Waals surface area contributed by atoms with Gasteiger partial charge in [-0.15, -0.1) is 11.6 Å². The Hall–Kier alpha value is -1.03. The Labute approximate surface area is 93.6 Å². The van der Waals surface area contributed by atoms with E-state index < -0.39 is 0 Å². The van der Waals surface area contributed by atoms with Gasteiger partial charge in [0, 0.05) is 30.1 Å². The number of halogens is 1. The van der Waals surface area contributed by atoms with Crippen molar-refractivity contribution in [3.05, 3.63) is 11.3 Å². The molecule has 4 nitrogen and oxygen atoms in total. The summed E-state index contributed by atoms with van der Waals surface area (Å²) in [5, 5.41) is 7.04. The van der Waals surface area contributed by atoms with Crippen LogP contribution in [0.5, 0.6) is 0 Å². The first-order valence-electron chi connectivity index (χ1n) is 5.01. The standard InChI is InChI=1S/C10H14ClN3O/c1-6-7(2)12-13-10(6)14-5-8(4-11)3-9(14)15/h8H,3-5H2,1-2H3,(H,12,13). The highest BCUT2D eigenvalue weighted by atomic mass is 35.5. The fourth-order valence-corrected chi connectivity index (χ4v) is 2.03. The fraction of sp³-hybridized carbons (Fsp3) is 0.600. The third-order valence-electron chi connectivity index (χ3n) is 2.91. The zero-order valence-electron chi connectivity index (χ0n) is 8.88. The Morgan fingerprint density at radius 3 is 2.80 bits per heavy atom. The van der Waals surface area contributed by atoms with Crippen molar-refractivity contribution < 1.29 is 4.79 Å². The van der Waals surface area contributed by atoms with Crippen molar-refractivity contribution in [1.29, 1.82) is 0 Å². The zero-order chi connectivity index (χ0) is 11.0. The van der Waals surface area contributed by atoms with Gasteiger partial charge in [0.1, 0.15) is 0 Å². The molecule has 0 bridgehead atoms. The number of nitrogens with zero attached hydrogens (tertiary/aromatic N) is 2. The Morgan fingerprint density at radius 1 is 1.60 bits per heavy atom. The Bertz CT molecular complexity index is 388. The molecule has 15 heavy (non-hydrogen) atoms. The van der Waals surface area contributed by atoms with Crippen LogP contribution < -0.4 is 4.90 Å². The molecule has 1 N–H and O–H groups in total. The van der Waals surface area contributed by atoms with Crippen molar-refractivity contribution in [2.24, 2.45) is 5.92 Å². The van der Waals surface area contributed by atoms with Crippen LogP contribution >= 0.6 is 11.6 Å². The summed E-state index contributed by atoms with van der Waals surface area (Å²) in [6, 6.07) is 0. The van der Waals surface area contributed by atoms with Crippen molar-refractivity contribution in [2.75, 3.05) is 17.3 Å². The van der Waals surface area contributed by atoms with E-state index in [0.717, 1.165) is 17.1 Å². The number of aromatic nitrogens is 2. The van der Waals surface area contributed by atoms with Crippen LogP contribution in [-0.4, -0.2) is 28.5 Å². The maximum atomic E-state index is 11.7. The average Bonchev–Trinajstić information content (AvgIpc) is 2.73. The lowest BCUT2D eigenvalue weighted by atomic mass is 10.1. The summed E-state index contributed by atoms with van der Waals surface area (Å²) >= 11 is 5.76. The normalized spacial score (nSPS) is 21.4. The van der Waals surface area contributed by atoms with E-state index in [1.807, 2.05) is 13.8 Å². The number of amides is 1. The fourth-order valence-electron chi connectivity index (χ4n) is 1.82. The molecule has 82 valence electrons. The van der Waals surface area contributed by atoms with Gasteiger partial charge in [-0.05, 0) is 19.8 Å². The first-order valence-corrected chi connectivity index (χ1v) is 5.54. The minimum absolute atomic E-state index is 0.121. The van der Waals surface area contributed by atoms with Gasteiger partial charge in [-0.3, -0.25) is 14.8 Å². The van der Waals surface area contributed by atoms with Crippen LogP contribution in [0.1, 0.15) is 17.7 Å². The molecule has 1 unspecified atom stereocenters. The number of anilines is 1. The third-order valence-corrected chi connectivity index (χ3v) is 3.34. The molecule has 0 aliphatic carbocycles. The van der Waals surface area contributed by atoms with Gasteiger partial charge in [0.15, 0.2) is 5.82 Å². The van der Waals surface area contributed by atoms with E-state index in [9.17, 15) is 4.79 Å². The average molecular weight is 228 g/mol. The molecule has 0 aromatic carbocycles. The molecule has 0 saturated carbocycles. The molecule has 5 heteroatoms. The molecule has 1 aromatic heterocycles. The second-order valence-corrected chi connectivity index (χ2v) is 4.33. The number of alkyl halides is 1. The lowest BCUT2D eigenvalue weighted by molar-refractivity contribution is -0.117. The number of hydrogen-bond acceptors (Lipinski definition) is 2. The summed E-state index contributed by atoms with van der Waals surface area (Å²) in [6.45, 7) is 4.61. The molecule has 1 amide bonds. The summed E-state index contributed by atoms with van der Waals surface area (Å²) in [7, 11) is 0.